The maximum atomic E-state index is 13.1. The minimum Gasteiger partial charge on any atom is -0.485 e. The van der Waals surface area contributed by atoms with Crippen LogP contribution < -0.4 is 14.2 Å². The van der Waals surface area contributed by atoms with Gasteiger partial charge in [0.25, 0.3) is 5.88 Å². The number of rotatable bonds is 9. The van der Waals surface area contributed by atoms with E-state index in [1.807, 2.05) is 6.92 Å². The molecule has 0 saturated heterocycles. The third-order valence-electron chi connectivity index (χ3n) is 5.14. The largest absolute Gasteiger partial charge is 0.485 e. The van der Waals surface area contributed by atoms with Crippen LogP contribution in [0.15, 0.2) is 24.7 Å². The second kappa shape index (κ2) is 9.85. The van der Waals surface area contributed by atoms with E-state index in [9.17, 15) is 12.8 Å². The molecule has 182 valence electrons. The van der Waals surface area contributed by atoms with Crippen LogP contribution in [0.1, 0.15) is 25.7 Å². The van der Waals surface area contributed by atoms with Crippen LogP contribution in [0.4, 0.5) is 10.3 Å². The molecular weight excluding hydrogens is 469 g/mol. The van der Waals surface area contributed by atoms with Gasteiger partial charge in [0.15, 0.2) is 17.4 Å². The molecule has 0 spiro atoms. The summed E-state index contributed by atoms with van der Waals surface area (Å²) in [4.78, 5) is 11.9. The summed E-state index contributed by atoms with van der Waals surface area (Å²) in [5, 5.41) is 7.40. The number of aromatic nitrogens is 6. The number of pyridine rings is 1. The van der Waals surface area contributed by atoms with E-state index in [2.05, 4.69) is 29.9 Å². The molecule has 0 aromatic carbocycles. The SMILES string of the molecule is CCOc1nccc2c1OC[C@H](COC)n1c(NS(=O)(=O)[C@@H](C)Cc3ncc(F)cn3)nnc1-2. The standard InChI is InChI=1S/C20H24FN7O5S/c1-4-32-19-17-15(5-6-22-19)18-25-26-20(28(18)14(10-31-3)11-33-17)27-34(29,30)12(2)7-16-23-8-13(21)9-24-16/h5-6,8-9,12,14H,4,7,10-11H2,1-3H3,(H,26,27)/t12-,14-/m0/s1. The highest BCUT2D eigenvalue weighted by molar-refractivity contribution is 7.93. The summed E-state index contributed by atoms with van der Waals surface area (Å²) in [7, 11) is -2.40. The molecule has 0 amide bonds. The molecular formula is C20H24FN7O5S. The minimum atomic E-state index is -3.94. The van der Waals surface area contributed by atoms with Gasteiger partial charge in [0.05, 0.1) is 42.5 Å². The predicted molar refractivity (Wildman–Crippen MR) is 119 cm³/mol. The first kappa shape index (κ1) is 23.8. The van der Waals surface area contributed by atoms with E-state index in [0.717, 1.165) is 12.4 Å². The lowest BCUT2D eigenvalue weighted by molar-refractivity contribution is 0.124. The molecule has 4 heterocycles. The van der Waals surface area contributed by atoms with E-state index >= 15 is 0 Å². The zero-order valence-electron chi connectivity index (χ0n) is 18.8. The molecule has 0 radical (unpaired) electrons. The zero-order valence-corrected chi connectivity index (χ0v) is 19.6. The third-order valence-corrected chi connectivity index (χ3v) is 6.83. The van der Waals surface area contributed by atoms with Gasteiger partial charge in [-0.05, 0) is 19.9 Å². The van der Waals surface area contributed by atoms with Crippen LogP contribution in [0, 0.1) is 5.82 Å². The van der Waals surface area contributed by atoms with Crippen LogP contribution in [-0.4, -0.2) is 70.3 Å². The molecule has 3 aromatic rings. The lowest BCUT2D eigenvalue weighted by Gasteiger charge is -2.20. The van der Waals surface area contributed by atoms with Crippen molar-refractivity contribution in [1.82, 2.24) is 29.7 Å². The normalized spacial score (nSPS) is 16.1. The van der Waals surface area contributed by atoms with E-state index in [4.69, 9.17) is 14.2 Å². The van der Waals surface area contributed by atoms with Crippen LogP contribution in [0.3, 0.4) is 0 Å². The number of nitrogens with one attached hydrogen (secondary N) is 1. The van der Waals surface area contributed by atoms with Gasteiger partial charge in [-0.2, -0.15) is 0 Å². The summed E-state index contributed by atoms with van der Waals surface area (Å²) in [5.41, 5.74) is 0.558. The summed E-state index contributed by atoms with van der Waals surface area (Å²) >= 11 is 0. The van der Waals surface area contributed by atoms with Gasteiger partial charge in [-0.1, -0.05) is 0 Å². The van der Waals surface area contributed by atoms with Crippen molar-refractivity contribution in [2.75, 3.05) is 31.7 Å². The number of sulfonamides is 1. The highest BCUT2D eigenvalue weighted by Gasteiger charge is 2.32. The van der Waals surface area contributed by atoms with Gasteiger partial charge in [0, 0.05) is 19.7 Å². The number of hydrogen-bond acceptors (Lipinski definition) is 10. The molecule has 1 aliphatic heterocycles. The van der Waals surface area contributed by atoms with Gasteiger partial charge < -0.3 is 14.2 Å². The first-order valence-corrected chi connectivity index (χ1v) is 12.1. The van der Waals surface area contributed by atoms with Crippen LogP contribution in [0.5, 0.6) is 11.6 Å². The van der Waals surface area contributed by atoms with Crippen molar-refractivity contribution >= 4 is 16.0 Å². The molecule has 1 aliphatic rings. The minimum absolute atomic E-state index is 0.00940. The van der Waals surface area contributed by atoms with Gasteiger partial charge in [0.1, 0.15) is 12.4 Å². The highest BCUT2D eigenvalue weighted by atomic mass is 32.2. The number of hydrogen-bond donors (Lipinski definition) is 1. The Bertz CT molecular complexity index is 1250. The van der Waals surface area contributed by atoms with Crippen LogP contribution in [0.25, 0.3) is 11.4 Å². The maximum absolute atomic E-state index is 13.1. The Kier molecular flexibility index (Phi) is 6.88. The molecule has 0 fully saturated rings. The highest BCUT2D eigenvalue weighted by Crippen LogP contribution is 2.40. The second-order valence-electron chi connectivity index (χ2n) is 7.54. The summed E-state index contributed by atoms with van der Waals surface area (Å²) in [6, 6.07) is 1.26. The van der Waals surface area contributed by atoms with Crippen molar-refractivity contribution in [2.24, 2.45) is 0 Å². The van der Waals surface area contributed by atoms with E-state index < -0.39 is 27.1 Å². The number of ether oxygens (including phenoxy) is 3. The molecule has 0 saturated carbocycles. The van der Waals surface area contributed by atoms with E-state index in [1.165, 1.54) is 14.0 Å². The lowest BCUT2D eigenvalue weighted by atomic mass is 10.2. The van der Waals surface area contributed by atoms with Crippen LogP contribution in [0.2, 0.25) is 0 Å². The topological polar surface area (TPSA) is 143 Å². The van der Waals surface area contributed by atoms with Gasteiger partial charge in [-0.15, -0.1) is 10.2 Å². The molecule has 3 aromatic heterocycles. The van der Waals surface area contributed by atoms with Crippen molar-refractivity contribution in [1.29, 1.82) is 0 Å². The quantitative estimate of drug-likeness (QED) is 0.467. The molecule has 4 rings (SSSR count). The first-order valence-electron chi connectivity index (χ1n) is 10.5. The molecule has 0 unspecified atom stereocenters. The molecule has 2 atom stereocenters. The number of anilines is 1. The number of halogens is 1. The number of methoxy groups -OCH3 is 1. The van der Waals surface area contributed by atoms with Crippen LogP contribution >= 0.6 is 0 Å². The molecule has 12 nitrogen and oxygen atoms in total. The predicted octanol–water partition coefficient (Wildman–Crippen LogP) is 1.62. The van der Waals surface area contributed by atoms with Gasteiger partial charge in [-0.3, -0.25) is 9.29 Å². The fourth-order valence-electron chi connectivity index (χ4n) is 3.48. The van der Waals surface area contributed by atoms with Crippen LogP contribution in [-0.2, 0) is 21.2 Å². The number of fused-ring (bicyclic) bond motifs is 3. The van der Waals surface area contributed by atoms with Crippen molar-refractivity contribution in [3.63, 3.8) is 0 Å². The van der Waals surface area contributed by atoms with Gasteiger partial charge in [-0.25, -0.2) is 27.8 Å². The third kappa shape index (κ3) is 4.77. The second-order valence-corrected chi connectivity index (χ2v) is 9.64. The molecule has 14 heteroatoms. The summed E-state index contributed by atoms with van der Waals surface area (Å²) in [6.07, 6.45) is 3.52. The van der Waals surface area contributed by atoms with Gasteiger partial charge in [0.2, 0.25) is 16.0 Å². The summed E-state index contributed by atoms with van der Waals surface area (Å²) in [6.45, 7) is 4.08. The van der Waals surface area contributed by atoms with Crippen molar-refractivity contribution in [3.05, 3.63) is 36.3 Å². The molecule has 0 bridgehead atoms. The fourth-order valence-corrected chi connectivity index (χ4v) is 4.45. The Morgan fingerprint density at radius 1 is 1.29 bits per heavy atom. The Labute approximate surface area is 195 Å². The average Bonchev–Trinajstić information content (AvgIpc) is 3.13. The Balaban J connectivity index is 1.68. The maximum Gasteiger partial charge on any atom is 0.257 e. The zero-order chi connectivity index (χ0) is 24.3. The fraction of sp³-hybridized carbons (Fsp3) is 0.450. The lowest BCUT2D eigenvalue weighted by Crippen LogP contribution is -2.30. The van der Waals surface area contributed by atoms with E-state index in [1.54, 1.807) is 16.8 Å². The van der Waals surface area contributed by atoms with Crippen molar-refractivity contribution < 1.29 is 27.0 Å². The Morgan fingerprint density at radius 2 is 2.06 bits per heavy atom. The number of nitrogens with zero attached hydrogens (tertiary/aromatic N) is 6. The van der Waals surface area contributed by atoms with E-state index in [0.29, 0.717) is 29.6 Å². The van der Waals surface area contributed by atoms with E-state index in [-0.39, 0.29) is 31.4 Å². The summed E-state index contributed by atoms with van der Waals surface area (Å²) in [5.74, 6) is 0.698. The van der Waals surface area contributed by atoms with Crippen molar-refractivity contribution in [2.45, 2.75) is 31.6 Å². The molecule has 34 heavy (non-hydrogen) atoms. The van der Waals surface area contributed by atoms with Gasteiger partial charge >= 0.3 is 0 Å². The molecule has 1 N–H and O–H groups in total. The smallest absolute Gasteiger partial charge is 0.257 e. The molecule has 0 aliphatic carbocycles. The Hall–Kier alpha value is -3.39. The Morgan fingerprint density at radius 3 is 2.76 bits per heavy atom. The average molecular weight is 494 g/mol. The summed E-state index contributed by atoms with van der Waals surface area (Å²) < 4.78 is 60.3. The monoisotopic (exact) mass is 493 g/mol. The first-order chi connectivity index (χ1) is 16.3. The van der Waals surface area contributed by atoms with Crippen molar-refractivity contribution in [3.8, 4) is 23.0 Å².